The van der Waals surface area contributed by atoms with Crippen molar-refractivity contribution in [2.75, 3.05) is 26.8 Å². The molecule has 0 bridgehead atoms. The largest absolute Gasteiger partial charge is 0.381 e. The molecule has 1 aromatic carbocycles. The molecule has 2 rings (SSSR count). The number of benzene rings is 1. The number of guanidine groups is 1. The molecule has 1 aromatic rings. The Balaban J connectivity index is 2.18. The Kier molecular flexibility index (Phi) is 6.09. The molecule has 122 valence electrons. The van der Waals surface area contributed by atoms with E-state index in [0.29, 0.717) is 6.04 Å². The molecular formula is C17H26ClN3O. The molecular weight excluding hydrogens is 298 g/mol. The lowest BCUT2D eigenvalue weighted by atomic mass is 9.74. The predicted octanol–water partition coefficient (Wildman–Crippen LogP) is 2.96. The van der Waals surface area contributed by atoms with Crippen molar-refractivity contribution < 1.29 is 4.74 Å². The Bertz CT molecular complexity index is 510. The topological polar surface area (TPSA) is 45.7 Å². The molecule has 0 atom stereocenters. The first kappa shape index (κ1) is 17.1. The van der Waals surface area contributed by atoms with Crippen LogP contribution < -0.4 is 10.6 Å². The summed E-state index contributed by atoms with van der Waals surface area (Å²) in [5, 5.41) is 7.62. The highest BCUT2D eigenvalue weighted by Crippen LogP contribution is 2.38. The number of hydrogen-bond donors (Lipinski definition) is 2. The molecule has 0 amide bonds. The van der Waals surface area contributed by atoms with Crippen LogP contribution in [-0.4, -0.2) is 38.8 Å². The molecule has 1 fully saturated rings. The van der Waals surface area contributed by atoms with Crippen molar-refractivity contribution in [1.29, 1.82) is 0 Å². The third kappa shape index (κ3) is 4.14. The SMILES string of the molecule is CN=C(NCC1(c2ccccc2Cl)CCOCC1)NC(C)C. The second-order valence-electron chi connectivity index (χ2n) is 6.10. The van der Waals surface area contributed by atoms with Crippen molar-refractivity contribution in [2.24, 2.45) is 4.99 Å². The number of halogens is 1. The lowest BCUT2D eigenvalue weighted by molar-refractivity contribution is 0.0514. The maximum absolute atomic E-state index is 6.47. The molecule has 5 heteroatoms. The Morgan fingerprint density at radius 1 is 1.32 bits per heavy atom. The number of ether oxygens (including phenoxy) is 1. The molecule has 22 heavy (non-hydrogen) atoms. The molecule has 1 aliphatic heterocycles. The van der Waals surface area contributed by atoms with Crippen molar-refractivity contribution in [2.45, 2.75) is 38.1 Å². The van der Waals surface area contributed by atoms with Crippen LogP contribution in [0.1, 0.15) is 32.3 Å². The van der Waals surface area contributed by atoms with Crippen LogP contribution in [0.3, 0.4) is 0 Å². The molecule has 1 aliphatic rings. The average Bonchev–Trinajstić information content (AvgIpc) is 2.52. The molecule has 1 heterocycles. The molecule has 1 saturated heterocycles. The van der Waals surface area contributed by atoms with E-state index in [1.807, 2.05) is 12.1 Å². The minimum atomic E-state index is -0.00874. The maximum atomic E-state index is 6.47. The molecule has 0 aliphatic carbocycles. The summed E-state index contributed by atoms with van der Waals surface area (Å²) in [4.78, 5) is 4.29. The normalized spacial score (nSPS) is 18.3. The van der Waals surface area contributed by atoms with Crippen LogP contribution in [0.5, 0.6) is 0 Å². The number of rotatable bonds is 4. The van der Waals surface area contributed by atoms with Gasteiger partial charge < -0.3 is 15.4 Å². The van der Waals surface area contributed by atoms with Crippen LogP contribution >= 0.6 is 11.6 Å². The van der Waals surface area contributed by atoms with E-state index in [4.69, 9.17) is 16.3 Å². The van der Waals surface area contributed by atoms with Crippen LogP contribution in [0.15, 0.2) is 29.3 Å². The lowest BCUT2D eigenvalue weighted by Crippen LogP contribution is -2.49. The Morgan fingerprint density at radius 3 is 2.59 bits per heavy atom. The minimum absolute atomic E-state index is 0.00874. The van der Waals surface area contributed by atoms with Gasteiger partial charge in [-0.1, -0.05) is 29.8 Å². The number of nitrogens with one attached hydrogen (secondary N) is 2. The van der Waals surface area contributed by atoms with Gasteiger partial charge in [0.05, 0.1) is 0 Å². The van der Waals surface area contributed by atoms with Crippen molar-refractivity contribution in [3.8, 4) is 0 Å². The summed E-state index contributed by atoms with van der Waals surface area (Å²) in [5.41, 5.74) is 1.19. The fourth-order valence-corrected chi connectivity index (χ4v) is 3.25. The van der Waals surface area contributed by atoms with Gasteiger partial charge >= 0.3 is 0 Å². The number of nitrogens with zero attached hydrogens (tertiary/aromatic N) is 1. The third-order valence-corrected chi connectivity index (χ3v) is 4.47. The molecule has 0 radical (unpaired) electrons. The highest BCUT2D eigenvalue weighted by atomic mass is 35.5. The first-order chi connectivity index (χ1) is 10.6. The van der Waals surface area contributed by atoms with Gasteiger partial charge in [0.15, 0.2) is 5.96 Å². The summed E-state index contributed by atoms with van der Waals surface area (Å²) in [6.45, 7) is 6.54. The Labute approximate surface area is 138 Å². The summed E-state index contributed by atoms with van der Waals surface area (Å²) >= 11 is 6.47. The molecule has 2 N–H and O–H groups in total. The van der Waals surface area contributed by atoms with Gasteiger partial charge in [0.1, 0.15) is 0 Å². The average molecular weight is 324 g/mol. The Hall–Kier alpha value is -1.26. The first-order valence-corrected chi connectivity index (χ1v) is 8.25. The zero-order chi connectivity index (χ0) is 16.0. The molecule has 0 spiro atoms. The van der Waals surface area contributed by atoms with Crippen LogP contribution in [0.25, 0.3) is 0 Å². The van der Waals surface area contributed by atoms with E-state index in [1.54, 1.807) is 7.05 Å². The fourth-order valence-electron chi connectivity index (χ4n) is 2.92. The van der Waals surface area contributed by atoms with E-state index in [-0.39, 0.29) is 5.41 Å². The van der Waals surface area contributed by atoms with E-state index >= 15 is 0 Å². The lowest BCUT2D eigenvalue weighted by Gasteiger charge is -2.39. The first-order valence-electron chi connectivity index (χ1n) is 7.87. The number of hydrogen-bond acceptors (Lipinski definition) is 2. The van der Waals surface area contributed by atoms with Crippen molar-refractivity contribution in [3.63, 3.8) is 0 Å². The van der Waals surface area contributed by atoms with Crippen LogP contribution in [-0.2, 0) is 10.2 Å². The predicted molar refractivity (Wildman–Crippen MR) is 92.8 cm³/mol. The molecule has 0 aromatic heterocycles. The standard InChI is InChI=1S/C17H26ClN3O/c1-13(2)21-16(19-3)20-12-17(8-10-22-11-9-17)14-6-4-5-7-15(14)18/h4-7,13H,8-12H2,1-3H3,(H2,19,20,21). The van der Waals surface area contributed by atoms with Crippen LogP contribution in [0.2, 0.25) is 5.02 Å². The van der Waals surface area contributed by atoms with Crippen LogP contribution in [0.4, 0.5) is 0 Å². The summed E-state index contributed by atoms with van der Waals surface area (Å²) in [7, 11) is 1.80. The quantitative estimate of drug-likeness (QED) is 0.661. The van der Waals surface area contributed by atoms with Gasteiger partial charge in [-0.05, 0) is 38.3 Å². The molecule has 0 saturated carbocycles. The summed E-state index contributed by atoms with van der Waals surface area (Å²) in [5.74, 6) is 0.827. The smallest absolute Gasteiger partial charge is 0.191 e. The van der Waals surface area contributed by atoms with E-state index in [0.717, 1.165) is 43.6 Å². The van der Waals surface area contributed by atoms with Gasteiger partial charge in [-0.25, -0.2) is 0 Å². The van der Waals surface area contributed by atoms with Crippen LogP contribution in [0, 0.1) is 0 Å². The highest BCUT2D eigenvalue weighted by Gasteiger charge is 2.36. The highest BCUT2D eigenvalue weighted by molar-refractivity contribution is 6.31. The molecule has 0 unspecified atom stereocenters. The maximum Gasteiger partial charge on any atom is 0.191 e. The van der Waals surface area contributed by atoms with E-state index < -0.39 is 0 Å². The van der Waals surface area contributed by atoms with Gasteiger partial charge in [-0.3, -0.25) is 4.99 Å². The third-order valence-electron chi connectivity index (χ3n) is 4.14. The molecule has 4 nitrogen and oxygen atoms in total. The second-order valence-corrected chi connectivity index (χ2v) is 6.50. The van der Waals surface area contributed by atoms with Crippen molar-refractivity contribution in [1.82, 2.24) is 10.6 Å². The number of aliphatic imine (C=N–C) groups is 1. The monoisotopic (exact) mass is 323 g/mol. The van der Waals surface area contributed by atoms with E-state index in [1.165, 1.54) is 5.56 Å². The zero-order valence-electron chi connectivity index (χ0n) is 13.7. The van der Waals surface area contributed by atoms with Gasteiger partial charge in [0, 0.05) is 43.3 Å². The minimum Gasteiger partial charge on any atom is -0.381 e. The Morgan fingerprint density at radius 2 is 2.00 bits per heavy atom. The summed E-state index contributed by atoms with van der Waals surface area (Å²) in [6, 6.07) is 8.48. The van der Waals surface area contributed by atoms with Crippen molar-refractivity contribution >= 4 is 17.6 Å². The van der Waals surface area contributed by atoms with Crippen molar-refractivity contribution in [3.05, 3.63) is 34.9 Å². The van der Waals surface area contributed by atoms with Gasteiger partial charge in [-0.2, -0.15) is 0 Å². The van der Waals surface area contributed by atoms with E-state index in [2.05, 4.69) is 41.6 Å². The summed E-state index contributed by atoms with van der Waals surface area (Å²) in [6.07, 6.45) is 1.92. The van der Waals surface area contributed by atoms with Gasteiger partial charge in [0.25, 0.3) is 0 Å². The van der Waals surface area contributed by atoms with Gasteiger partial charge in [0.2, 0.25) is 0 Å². The zero-order valence-corrected chi connectivity index (χ0v) is 14.4. The fraction of sp³-hybridized carbons (Fsp3) is 0.588. The second kappa shape index (κ2) is 7.84. The van der Waals surface area contributed by atoms with E-state index in [9.17, 15) is 0 Å². The summed E-state index contributed by atoms with van der Waals surface area (Å²) < 4.78 is 5.57. The van der Waals surface area contributed by atoms with Gasteiger partial charge in [-0.15, -0.1) is 0 Å².